The third kappa shape index (κ3) is 6.58. The Bertz CT molecular complexity index is 1450. The third-order valence-electron chi connectivity index (χ3n) is 5.16. The summed E-state index contributed by atoms with van der Waals surface area (Å²) >= 11 is 0. The lowest BCUT2D eigenvalue weighted by atomic mass is 10.2. The summed E-state index contributed by atoms with van der Waals surface area (Å²) < 4.78 is 36.1. The predicted octanol–water partition coefficient (Wildman–Crippen LogP) is 5.11. The Morgan fingerprint density at radius 1 is 0.861 bits per heavy atom. The summed E-state index contributed by atoms with van der Waals surface area (Å²) in [4.78, 5) is 12.5. The SMILES string of the molecule is Cc1ccc(COc2ccc(C(=O)N/N=C\c3ccccc3OS(=O)(=O)c3ccccc3)cc2)cc1. The molecule has 36 heavy (non-hydrogen) atoms. The van der Waals surface area contributed by atoms with Crippen LogP contribution in [0.3, 0.4) is 0 Å². The smallest absolute Gasteiger partial charge is 0.339 e. The number of para-hydroxylation sites is 1. The molecule has 0 unspecified atom stereocenters. The van der Waals surface area contributed by atoms with Crippen LogP contribution in [0.4, 0.5) is 0 Å². The molecule has 0 spiro atoms. The maximum absolute atomic E-state index is 12.5. The molecule has 0 saturated heterocycles. The monoisotopic (exact) mass is 500 g/mol. The van der Waals surface area contributed by atoms with Crippen molar-refractivity contribution in [3.05, 3.63) is 125 Å². The summed E-state index contributed by atoms with van der Waals surface area (Å²) in [5.41, 5.74) is 5.46. The second kappa shape index (κ2) is 11.3. The fourth-order valence-electron chi connectivity index (χ4n) is 3.20. The first-order valence-corrected chi connectivity index (χ1v) is 12.5. The minimum absolute atomic E-state index is 0.0383. The molecule has 4 aromatic rings. The summed E-state index contributed by atoms with van der Waals surface area (Å²) in [7, 11) is -4.01. The number of amides is 1. The van der Waals surface area contributed by atoms with E-state index in [1.165, 1.54) is 30.0 Å². The molecule has 0 fully saturated rings. The predicted molar refractivity (Wildman–Crippen MR) is 138 cm³/mol. The molecule has 0 radical (unpaired) electrons. The Hall–Kier alpha value is -4.43. The van der Waals surface area contributed by atoms with Gasteiger partial charge in [0.2, 0.25) is 0 Å². The van der Waals surface area contributed by atoms with Gasteiger partial charge in [0.25, 0.3) is 5.91 Å². The van der Waals surface area contributed by atoms with E-state index in [1.807, 2.05) is 31.2 Å². The highest BCUT2D eigenvalue weighted by atomic mass is 32.2. The fourth-order valence-corrected chi connectivity index (χ4v) is 4.17. The topological polar surface area (TPSA) is 94.1 Å². The van der Waals surface area contributed by atoms with Gasteiger partial charge < -0.3 is 8.92 Å². The molecule has 0 atom stereocenters. The average Bonchev–Trinajstić information content (AvgIpc) is 2.90. The van der Waals surface area contributed by atoms with Gasteiger partial charge in [-0.05, 0) is 61.0 Å². The molecule has 0 aliphatic rings. The van der Waals surface area contributed by atoms with Gasteiger partial charge in [0.15, 0.2) is 5.75 Å². The van der Waals surface area contributed by atoms with E-state index in [-0.39, 0.29) is 10.6 Å². The fraction of sp³-hybridized carbons (Fsp3) is 0.0714. The van der Waals surface area contributed by atoms with Crippen LogP contribution in [0.25, 0.3) is 0 Å². The maximum atomic E-state index is 12.5. The van der Waals surface area contributed by atoms with Crippen LogP contribution in [0, 0.1) is 6.92 Å². The molecule has 7 nitrogen and oxygen atoms in total. The number of aryl methyl sites for hydroxylation is 1. The van der Waals surface area contributed by atoms with E-state index < -0.39 is 16.0 Å². The van der Waals surface area contributed by atoms with E-state index in [2.05, 4.69) is 10.5 Å². The van der Waals surface area contributed by atoms with Crippen LogP contribution < -0.4 is 14.3 Å². The van der Waals surface area contributed by atoms with Crippen molar-refractivity contribution in [2.45, 2.75) is 18.4 Å². The lowest BCUT2D eigenvalue weighted by Gasteiger charge is -2.09. The van der Waals surface area contributed by atoms with Crippen molar-refractivity contribution in [1.82, 2.24) is 5.43 Å². The zero-order chi connectivity index (χ0) is 25.4. The Morgan fingerprint density at radius 2 is 1.53 bits per heavy atom. The van der Waals surface area contributed by atoms with Gasteiger partial charge in [-0.2, -0.15) is 13.5 Å². The first-order chi connectivity index (χ1) is 17.4. The highest BCUT2D eigenvalue weighted by molar-refractivity contribution is 7.87. The highest BCUT2D eigenvalue weighted by Gasteiger charge is 2.17. The highest BCUT2D eigenvalue weighted by Crippen LogP contribution is 2.22. The van der Waals surface area contributed by atoms with Crippen molar-refractivity contribution in [3.63, 3.8) is 0 Å². The summed E-state index contributed by atoms with van der Waals surface area (Å²) in [6, 6.07) is 29.1. The van der Waals surface area contributed by atoms with E-state index in [9.17, 15) is 13.2 Å². The molecular weight excluding hydrogens is 476 g/mol. The Morgan fingerprint density at radius 3 is 2.25 bits per heavy atom. The molecule has 0 aliphatic carbocycles. The van der Waals surface area contributed by atoms with Gasteiger partial charge in [-0.25, -0.2) is 5.43 Å². The van der Waals surface area contributed by atoms with Crippen LogP contribution in [0.1, 0.15) is 27.0 Å². The van der Waals surface area contributed by atoms with Crippen molar-refractivity contribution < 1.29 is 22.1 Å². The summed E-state index contributed by atoms with van der Waals surface area (Å²) in [5.74, 6) is 0.308. The van der Waals surface area contributed by atoms with Crippen molar-refractivity contribution >= 4 is 22.2 Å². The van der Waals surface area contributed by atoms with Crippen LogP contribution in [-0.2, 0) is 16.7 Å². The number of benzene rings is 4. The summed E-state index contributed by atoms with van der Waals surface area (Å²) in [5, 5.41) is 3.96. The van der Waals surface area contributed by atoms with E-state index >= 15 is 0 Å². The van der Waals surface area contributed by atoms with Crippen LogP contribution in [0.15, 0.2) is 113 Å². The van der Waals surface area contributed by atoms with Gasteiger partial charge in [0.05, 0.1) is 6.21 Å². The molecule has 8 heteroatoms. The average molecular weight is 501 g/mol. The van der Waals surface area contributed by atoms with Crippen molar-refractivity contribution in [2.24, 2.45) is 5.10 Å². The summed E-state index contributed by atoms with van der Waals surface area (Å²) in [6.45, 7) is 2.46. The second-order valence-corrected chi connectivity index (χ2v) is 9.43. The molecule has 4 rings (SSSR count). The van der Waals surface area contributed by atoms with Gasteiger partial charge in [0.1, 0.15) is 17.3 Å². The van der Waals surface area contributed by atoms with Crippen LogP contribution >= 0.6 is 0 Å². The van der Waals surface area contributed by atoms with Crippen LogP contribution in [-0.4, -0.2) is 20.5 Å². The van der Waals surface area contributed by atoms with E-state index in [0.717, 1.165) is 5.56 Å². The summed E-state index contributed by atoms with van der Waals surface area (Å²) in [6.07, 6.45) is 1.33. The number of hydrogen-bond acceptors (Lipinski definition) is 6. The van der Waals surface area contributed by atoms with Crippen molar-refractivity contribution in [3.8, 4) is 11.5 Å². The minimum Gasteiger partial charge on any atom is -0.489 e. The molecule has 0 heterocycles. The zero-order valence-electron chi connectivity index (χ0n) is 19.5. The van der Waals surface area contributed by atoms with Gasteiger partial charge in [0, 0.05) is 11.1 Å². The zero-order valence-corrected chi connectivity index (χ0v) is 20.3. The first kappa shape index (κ1) is 24.7. The first-order valence-electron chi connectivity index (χ1n) is 11.1. The molecule has 0 aromatic heterocycles. The molecule has 0 aliphatic heterocycles. The number of hydrogen-bond donors (Lipinski definition) is 1. The van der Waals surface area contributed by atoms with E-state index in [4.69, 9.17) is 8.92 Å². The van der Waals surface area contributed by atoms with Gasteiger partial charge in [-0.3, -0.25) is 4.79 Å². The number of nitrogens with zero attached hydrogens (tertiary/aromatic N) is 1. The number of hydrazone groups is 1. The molecular formula is C28H24N2O5S. The molecule has 1 N–H and O–H groups in total. The number of nitrogens with one attached hydrogen (secondary N) is 1. The third-order valence-corrected chi connectivity index (χ3v) is 6.41. The molecule has 0 bridgehead atoms. The molecule has 182 valence electrons. The number of ether oxygens (including phenoxy) is 1. The Labute approximate surface area is 210 Å². The van der Waals surface area contributed by atoms with Gasteiger partial charge in [-0.15, -0.1) is 0 Å². The second-order valence-electron chi connectivity index (χ2n) is 7.89. The number of carbonyl (C=O) groups is 1. The van der Waals surface area contributed by atoms with Crippen molar-refractivity contribution in [2.75, 3.05) is 0 Å². The molecule has 0 saturated carbocycles. The van der Waals surface area contributed by atoms with E-state index in [1.54, 1.807) is 60.7 Å². The van der Waals surface area contributed by atoms with Crippen LogP contribution in [0.2, 0.25) is 0 Å². The molecule has 1 amide bonds. The van der Waals surface area contributed by atoms with Gasteiger partial charge in [-0.1, -0.05) is 60.2 Å². The standard InChI is InChI=1S/C28H24N2O5S/c1-21-11-13-22(14-12-21)20-34-25-17-15-23(16-18-25)28(31)30-29-19-24-7-5-6-10-27(24)35-36(32,33)26-8-3-2-4-9-26/h2-19H,20H2,1H3,(H,30,31)/b29-19-. The van der Waals surface area contributed by atoms with Crippen LogP contribution in [0.5, 0.6) is 11.5 Å². The lowest BCUT2D eigenvalue weighted by Crippen LogP contribution is -2.17. The lowest BCUT2D eigenvalue weighted by molar-refractivity contribution is 0.0955. The van der Waals surface area contributed by atoms with Gasteiger partial charge >= 0.3 is 10.1 Å². The number of rotatable bonds is 9. The maximum Gasteiger partial charge on any atom is 0.339 e. The number of carbonyl (C=O) groups excluding carboxylic acids is 1. The Kier molecular flexibility index (Phi) is 7.77. The Balaban J connectivity index is 1.36. The molecule has 4 aromatic carbocycles. The van der Waals surface area contributed by atoms with Crippen molar-refractivity contribution in [1.29, 1.82) is 0 Å². The quantitative estimate of drug-likeness (QED) is 0.196. The minimum atomic E-state index is -4.01. The largest absolute Gasteiger partial charge is 0.489 e. The van der Waals surface area contributed by atoms with E-state index in [0.29, 0.717) is 23.5 Å². The normalized spacial score (nSPS) is 11.2.